The van der Waals surface area contributed by atoms with Gasteiger partial charge in [0, 0.05) is 6.54 Å². The van der Waals surface area contributed by atoms with Gasteiger partial charge in [-0.15, -0.1) is 0 Å². The smallest absolute Gasteiger partial charge is 0.141 e. The zero-order valence-corrected chi connectivity index (χ0v) is 11.5. The molecular formula is C16H19FN2O. The molecule has 0 unspecified atom stereocenters. The minimum absolute atomic E-state index is 0.206. The number of nitrogens with one attached hydrogen (secondary N) is 1. The summed E-state index contributed by atoms with van der Waals surface area (Å²) in [5, 5.41) is 3.32. The first-order valence-electron chi connectivity index (χ1n) is 6.56. The van der Waals surface area contributed by atoms with E-state index in [9.17, 15) is 4.39 Å². The molecule has 20 heavy (non-hydrogen) atoms. The normalized spacial score (nSPS) is 10.5. The Bertz CT molecular complexity index is 555. The third-order valence-electron chi connectivity index (χ3n) is 3.13. The molecule has 0 saturated heterocycles. The van der Waals surface area contributed by atoms with E-state index in [1.807, 2.05) is 18.2 Å². The Labute approximate surface area is 118 Å². The first kappa shape index (κ1) is 14.3. The minimum atomic E-state index is -0.206. The topological polar surface area (TPSA) is 47.3 Å². The molecule has 0 fully saturated rings. The second kappa shape index (κ2) is 6.91. The summed E-state index contributed by atoms with van der Waals surface area (Å²) < 4.78 is 17.9. The average Bonchev–Trinajstić information content (AvgIpc) is 2.46. The maximum absolute atomic E-state index is 12.8. The van der Waals surface area contributed by atoms with E-state index >= 15 is 0 Å². The van der Waals surface area contributed by atoms with Crippen molar-refractivity contribution in [2.24, 2.45) is 0 Å². The molecule has 0 aliphatic heterocycles. The Hall–Kier alpha value is -2.07. The highest BCUT2D eigenvalue weighted by molar-refractivity contribution is 5.54. The van der Waals surface area contributed by atoms with Gasteiger partial charge in [-0.1, -0.05) is 18.2 Å². The van der Waals surface area contributed by atoms with Gasteiger partial charge >= 0.3 is 0 Å². The molecule has 0 aromatic heterocycles. The van der Waals surface area contributed by atoms with E-state index in [-0.39, 0.29) is 5.82 Å². The summed E-state index contributed by atoms with van der Waals surface area (Å²) in [4.78, 5) is 0. The second-order valence-corrected chi connectivity index (χ2v) is 4.63. The Morgan fingerprint density at radius 3 is 2.45 bits per heavy atom. The van der Waals surface area contributed by atoms with Crippen LogP contribution >= 0.6 is 0 Å². The number of anilines is 1. The number of halogens is 1. The van der Waals surface area contributed by atoms with Gasteiger partial charge in [-0.3, -0.25) is 0 Å². The van der Waals surface area contributed by atoms with Crippen molar-refractivity contribution in [3.05, 3.63) is 59.4 Å². The van der Waals surface area contributed by atoms with Crippen LogP contribution in [0.5, 0.6) is 5.75 Å². The van der Waals surface area contributed by atoms with Crippen LogP contribution in [0.1, 0.15) is 11.1 Å². The molecule has 3 N–H and O–H groups in total. The van der Waals surface area contributed by atoms with E-state index in [0.29, 0.717) is 11.4 Å². The highest BCUT2D eigenvalue weighted by Gasteiger charge is 2.00. The minimum Gasteiger partial charge on any atom is -0.495 e. The molecule has 106 valence electrons. The second-order valence-electron chi connectivity index (χ2n) is 4.63. The summed E-state index contributed by atoms with van der Waals surface area (Å²) in [5.74, 6) is 0.496. The van der Waals surface area contributed by atoms with E-state index in [1.54, 1.807) is 19.2 Å². The maximum atomic E-state index is 12.8. The van der Waals surface area contributed by atoms with Crippen molar-refractivity contribution in [2.45, 2.75) is 13.0 Å². The molecule has 0 amide bonds. The van der Waals surface area contributed by atoms with Gasteiger partial charge < -0.3 is 15.8 Å². The van der Waals surface area contributed by atoms with Crippen molar-refractivity contribution in [2.75, 3.05) is 19.4 Å². The standard InChI is InChI=1S/C16H19FN2O/c1-20-16-7-4-12(10-15(16)18)8-9-19-11-13-2-5-14(17)6-3-13/h2-7,10,19H,8-9,11,18H2,1H3. The largest absolute Gasteiger partial charge is 0.495 e. The Kier molecular flexibility index (Phi) is 4.96. The molecule has 2 rings (SSSR count). The highest BCUT2D eigenvalue weighted by atomic mass is 19.1. The Morgan fingerprint density at radius 2 is 1.80 bits per heavy atom. The fourth-order valence-electron chi connectivity index (χ4n) is 2.01. The van der Waals surface area contributed by atoms with Gasteiger partial charge in [0.05, 0.1) is 12.8 Å². The van der Waals surface area contributed by atoms with Gasteiger partial charge in [0.15, 0.2) is 0 Å². The van der Waals surface area contributed by atoms with Crippen molar-refractivity contribution in [1.82, 2.24) is 5.32 Å². The number of methoxy groups -OCH3 is 1. The van der Waals surface area contributed by atoms with Crippen LogP contribution in [-0.4, -0.2) is 13.7 Å². The van der Waals surface area contributed by atoms with Crippen molar-refractivity contribution < 1.29 is 9.13 Å². The average molecular weight is 274 g/mol. The number of rotatable bonds is 6. The van der Waals surface area contributed by atoms with Crippen LogP contribution in [-0.2, 0) is 13.0 Å². The molecule has 0 bridgehead atoms. The van der Waals surface area contributed by atoms with Crippen LogP contribution in [0.15, 0.2) is 42.5 Å². The lowest BCUT2D eigenvalue weighted by Crippen LogP contribution is -2.16. The monoisotopic (exact) mass is 274 g/mol. The van der Waals surface area contributed by atoms with Gasteiger partial charge in [0.25, 0.3) is 0 Å². The molecular weight excluding hydrogens is 255 g/mol. The summed E-state index contributed by atoms with van der Waals surface area (Å²) in [7, 11) is 1.61. The maximum Gasteiger partial charge on any atom is 0.141 e. The molecule has 3 nitrogen and oxygen atoms in total. The van der Waals surface area contributed by atoms with Gasteiger partial charge in [-0.05, 0) is 48.4 Å². The third-order valence-corrected chi connectivity index (χ3v) is 3.13. The Morgan fingerprint density at radius 1 is 1.10 bits per heavy atom. The van der Waals surface area contributed by atoms with Gasteiger partial charge in [0.1, 0.15) is 11.6 Å². The first-order valence-corrected chi connectivity index (χ1v) is 6.56. The number of benzene rings is 2. The molecule has 0 saturated carbocycles. The van der Waals surface area contributed by atoms with Crippen molar-refractivity contribution in [3.8, 4) is 5.75 Å². The van der Waals surface area contributed by atoms with Gasteiger partial charge in [0.2, 0.25) is 0 Å². The zero-order chi connectivity index (χ0) is 14.4. The molecule has 0 aliphatic carbocycles. The molecule has 0 radical (unpaired) electrons. The molecule has 0 atom stereocenters. The number of hydrogen-bond donors (Lipinski definition) is 2. The van der Waals surface area contributed by atoms with Crippen molar-refractivity contribution in [3.63, 3.8) is 0 Å². The zero-order valence-electron chi connectivity index (χ0n) is 11.5. The van der Waals surface area contributed by atoms with E-state index in [0.717, 1.165) is 30.6 Å². The molecule has 0 spiro atoms. The van der Waals surface area contributed by atoms with Crippen LogP contribution in [0.2, 0.25) is 0 Å². The van der Waals surface area contributed by atoms with Gasteiger partial charge in [-0.2, -0.15) is 0 Å². The third kappa shape index (κ3) is 3.96. The summed E-state index contributed by atoms with van der Waals surface area (Å²) >= 11 is 0. The van der Waals surface area contributed by atoms with Crippen LogP contribution in [0.3, 0.4) is 0 Å². The lowest BCUT2D eigenvalue weighted by Gasteiger charge is -2.08. The Balaban J connectivity index is 1.78. The van der Waals surface area contributed by atoms with Crippen LogP contribution in [0.4, 0.5) is 10.1 Å². The SMILES string of the molecule is COc1ccc(CCNCc2ccc(F)cc2)cc1N. The fraction of sp³-hybridized carbons (Fsp3) is 0.250. The quantitative estimate of drug-likeness (QED) is 0.629. The number of nitrogen functional groups attached to an aromatic ring is 1. The number of ether oxygens (including phenoxy) is 1. The molecule has 0 heterocycles. The first-order chi connectivity index (χ1) is 9.69. The van der Waals surface area contributed by atoms with Crippen LogP contribution in [0, 0.1) is 5.82 Å². The van der Waals surface area contributed by atoms with E-state index in [2.05, 4.69) is 5.32 Å². The van der Waals surface area contributed by atoms with E-state index in [4.69, 9.17) is 10.5 Å². The molecule has 0 aliphatic rings. The summed E-state index contributed by atoms with van der Waals surface area (Å²) in [6.45, 7) is 1.56. The van der Waals surface area contributed by atoms with Crippen LogP contribution in [0.25, 0.3) is 0 Å². The van der Waals surface area contributed by atoms with Crippen molar-refractivity contribution >= 4 is 5.69 Å². The predicted molar refractivity (Wildman–Crippen MR) is 79.2 cm³/mol. The lowest BCUT2D eigenvalue weighted by molar-refractivity contribution is 0.417. The van der Waals surface area contributed by atoms with Crippen LogP contribution < -0.4 is 15.8 Å². The summed E-state index contributed by atoms with van der Waals surface area (Å²) in [6, 6.07) is 12.3. The van der Waals surface area contributed by atoms with E-state index < -0.39 is 0 Å². The van der Waals surface area contributed by atoms with E-state index in [1.165, 1.54) is 12.1 Å². The summed E-state index contributed by atoms with van der Waals surface area (Å²) in [5.41, 5.74) is 8.75. The number of hydrogen-bond acceptors (Lipinski definition) is 3. The van der Waals surface area contributed by atoms with Crippen molar-refractivity contribution in [1.29, 1.82) is 0 Å². The number of nitrogens with two attached hydrogens (primary N) is 1. The highest BCUT2D eigenvalue weighted by Crippen LogP contribution is 2.21. The van der Waals surface area contributed by atoms with Gasteiger partial charge in [-0.25, -0.2) is 4.39 Å². The predicted octanol–water partition coefficient (Wildman–Crippen LogP) is 2.75. The fourth-order valence-corrected chi connectivity index (χ4v) is 2.01. The molecule has 4 heteroatoms. The summed E-state index contributed by atoms with van der Waals surface area (Å²) in [6.07, 6.45) is 0.884. The molecule has 2 aromatic rings. The molecule has 2 aromatic carbocycles. The lowest BCUT2D eigenvalue weighted by atomic mass is 10.1.